The molecule has 0 saturated heterocycles. The highest BCUT2D eigenvalue weighted by molar-refractivity contribution is 9.10. The van der Waals surface area contributed by atoms with Gasteiger partial charge in [0.25, 0.3) is 0 Å². The van der Waals surface area contributed by atoms with Crippen molar-refractivity contribution >= 4 is 50.6 Å². The Bertz CT molecular complexity index is 446. The van der Waals surface area contributed by atoms with Gasteiger partial charge in [0.05, 0.1) is 5.02 Å². The number of aromatic nitrogens is 2. The molecule has 0 N–H and O–H groups in total. The van der Waals surface area contributed by atoms with Gasteiger partial charge in [0.2, 0.25) is 0 Å². The zero-order valence-corrected chi connectivity index (χ0v) is 10.8. The molecular weight excluding hydrogens is 304 g/mol. The smallest absolute Gasteiger partial charge is 0.157 e. The van der Waals surface area contributed by atoms with Crippen LogP contribution in [0.2, 0.25) is 5.02 Å². The fourth-order valence-corrected chi connectivity index (χ4v) is 3.31. The van der Waals surface area contributed by atoms with Crippen molar-refractivity contribution in [3.8, 4) is 0 Å². The summed E-state index contributed by atoms with van der Waals surface area (Å²) in [4.78, 5) is 8.41. The van der Waals surface area contributed by atoms with Crippen LogP contribution in [-0.4, -0.2) is 9.97 Å². The lowest BCUT2D eigenvalue weighted by atomic mass is 10.5. The number of pyridine rings is 1. The quantitative estimate of drug-likeness (QED) is 0.835. The fraction of sp³-hybridized carbons (Fsp3) is 0. The molecule has 0 spiro atoms. The molecule has 0 aliphatic carbocycles. The maximum Gasteiger partial charge on any atom is 0.157 e. The Balaban J connectivity index is 2.23. The summed E-state index contributed by atoms with van der Waals surface area (Å²) in [7, 11) is 0. The van der Waals surface area contributed by atoms with Crippen LogP contribution in [0.25, 0.3) is 0 Å². The van der Waals surface area contributed by atoms with Crippen LogP contribution in [-0.2, 0) is 0 Å². The summed E-state index contributed by atoms with van der Waals surface area (Å²) in [6, 6.07) is 3.63. The third-order valence-corrected chi connectivity index (χ3v) is 4.45. The monoisotopic (exact) mass is 306 g/mol. The lowest BCUT2D eigenvalue weighted by Crippen LogP contribution is -1.79. The van der Waals surface area contributed by atoms with Crippen LogP contribution < -0.4 is 0 Å². The largest absolute Gasteiger partial charge is 0.248 e. The van der Waals surface area contributed by atoms with E-state index in [2.05, 4.69) is 25.9 Å². The van der Waals surface area contributed by atoms with E-state index in [0.717, 1.165) is 14.0 Å². The van der Waals surface area contributed by atoms with Crippen molar-refractivity contribution in [2.75, 3.05) is 0 Å². The van der Waals surface area contributed by atoms with E-state index < -0.39 is 0 Å². The Kier molecular flexibility index (Phi) is 3.43. The first kappa shape index (κ1) is 10.4. The van der Waals surface area contributed by atoms with Gasteiger partial charge in [-0.05, 0) is 39.8 Å². The summed E-state index contributed by atoms with van der Waals surface area (Å²) < 4.78 is 1.77. The molecule has 14 heavy (non-hydrogen) atoms. The van der Waals surface area contributed by atoms with Gasteiger partial charge in [-0.3, -0.25) is 0 Å². The van der Waals surface area contributed by atoms with Gasteiger partial charge >= 0.3 is 0 Å². The van der Waals surface area contributed by atoms with Gasteiger partial charge in [0.1, 0.15) is 9.63 Å². The third-order valence-electron chi connectivity index (χ3n) is 1.36. The summed E-state index contributed by atoms with van der Waals surface area (Å²) in [5, 5.41) is 3.37. The predicted molar refractivity (Wildman–Crippen MR) is 63.2 cm³/mol. The molecule has 2 aromatic heterocycles. The molecule has 2 aromatic rings. The molecule has 0 fully saturated rings. The van der Waals surface area contributed by atoms with Crippen LogP contribution in [0.1, 0.15) is 0 Å². The molecule has 0 unspecified atom stereocenters. The first-order valence-corrected chi connectivity index (χ1v) is 6.52. The van der Waals surface area contributed by atoms with Gasteiger partial charge in [-0.25, -0.2) is 9.97 Å². The molecule has 0 aliphatic heterocycles. The van der Waals surface area contributed by atoms with Crippen molar-refractivity contribution in [2.45, 2.75) is 9.37 Å². The number of rotatable bonds is 2. The molecule has 0 amide bonds. The molecule has 0 atom stereocenters. The van der Waals surface area contributed by atoms with Crippen molar-refractivity contribution in [1.29, 1.82) is 0 Å². The molecule has 0 aromatic carbocycles. The van der Waals surface area contributed by atoms with E-state index in [9.17, 15) is 0 Å². The SMILES string of the molecule is Clc1cccnc1Sc1nc(Br)cs1. The van der Waals surface area contributed by atoms with Gasteiger partial charge in [-0.2, -0.15) is 0 Å². The van der Waals surface area contributed by atoms with Crippen LogP contribution >= 0.6 is 50.6 Å². The Hall–Kier alpha value is -0.100. The number of halogens is 2. The Morgan fingerprint density at radius 3 is 3.00 bits per heavy atom. The van der Waals surface area contributed by atoms with E-state index in [-0.39, 0.29) is 0 Å². The molecule has 2 nitrogen and oxygen atoms in total. The van der Waals surface area contributed by atoms with Crippen LogP contribution in [0, 0.1) is 0 Å². The molecule has 0 radical (unpaired) electrons. The summed E-state index contributed by atoms with van der Waals surface area (Å²) >= 11 is 12.3. The summed E-state index contributed by atoms with van der Waals surface area (Å²) in [5.74, 6) is 0. The highest BCUT2D eigenvalue weighted by atomic mass is 79.9. The number of hydrogen-bond donors (Lipinski definition) is 0. The Morgan fingerprint density at radius 1 is 1.50 bits per heavy atom. The Morgan fingerprint density at radius 2 is 2.36 bits per heavy atom. The first-order valence-electron chi connectivity index (χ1n) is 3.65. The second-order valence-electron chi connectivity index (χ2n) is 2.33. The summed E-state index contributed by atoms with van der Waals surface area (Å²) in [5.41, 5.74) is 0. The van der Waals surface area contributed by atoms with Gasteiger partial charge in [0, 0.05) is 11.6 Å². The standard InChI is InChI=1S/C8H4BrClN2S2/c9-6-4-13-8(12-6)14-7-5(10)2-1-3-11-7/h1-4H. The minimum absolute atomic E-state index is 0.656. The van der Waals surface area contributed by atoms with E-state index in [1.807, 2.05) is 17.5 Å². The second-order valence-corrected chi connectivity index (χ2v) is 5.64. The third kappa shape index (κ3) is 2.48. The highest BCUT2D eigenvalue weighted by Gasteiger charge is 2.06. The second kappa shape index (κ2) is 4.61. The minimum Gasteiger partial charge on any atom is -0.248 e. The van der Waals surface area contributed by atoms with Crippen LogP contribution in [0.3, 0.4) is 0 Å². The number of hydrogen-bond acceptors (Lipinski definition) is 4. The zero-order valence-electron chi connectivity index (χ0n) is 6.78. The predicted octanol–water partition coefficient (Wildman–Crippen LogP) is 4.11. The average Bonchev–Trinajstić information content (AvgIpc) is 2.56. The van der Waals surface area contributed by atoms with E-state index in [1.165, 1.54) is 11.8 Å². The average molecular weight is 308 g/mol. The molecule has 2 rings (SSSR count). The van der Waals surface area contributed by atoms with Crippen molar-refractivity contribution in [3.63, 3.8) is 0 Å². The van der Waals surface area contributed by atoms with Crippen LogP contribution in [0.5, 0.6) is 0 Å². The zero-order chi connectivity index (χ0) is 9.97. The first-order chi connectivity index (χ1) is 6.75. The minimum atomic E-state index is 0.656. The lowest BCUT2D eigenvalue weighted by molar-refractivity contribution is 1.12. The topological polar surface area (TPSA) is 25.8 Å². The normalized spacial score (nSPS) is 10.4. The maximum atomic E-state index is 5.96. The number of nitrogens with zero attached hydrogens (tertiary/aromatic N) is 2. The van der Waals surface area contributed by atoms with Crippen molar-refractivity contribution < 1.29 is 0 Å². The molecule has 6 heteroatoms. The van der Waals surface area contributed by atoms with Gasteiger partial charge in [-0.15, -0.1) is 11.3 Å². The molecule has 0 aliphatic rings. The number of thiazole rings is 1. The van der Waals surface area contributed by atoms with Crippen molar-refractivity contribution in [2.24, 2.45) is 0 Å². The van der Waals surface area contributed by atoms with Crippen LogP contribution in [0.15, 0.2) is 37.7 Å². The fourth-order valence-electron chi connectivity index (χ4n) is 0.815. The summed E-state index contributed by atoms with van der Waals surface area (Å²) in [6.07, 6.45) is 1.72. The maximum absolute atomic E-state index is 5.96. The van der Waals surface area contributed by atoms with Crippen LogP contribution in [0.4, 0.5) is 0 Å². The Labute approximate surface area is 103 Å². The molecule has 2 heterocycles. The van der Waals surface area contributed by atoms with E-state index >= 15 is 0 Å². The van der Waals surface area contributed by atoms with Crippen molar-refractivity contribution in [1.82, 2.24) is 9.97 Å². The van der Waals surface area contributed by atoms with E-state index in [1.54, 1.807) is 17.5 Å². The van der Waals surface area contributed by atoms with Gasteiger partial charge in [-0.1, -0.05) is 11.6 Å². The molecule has 0 bridgehead atoms. The summed E-state index contributed by atoms with van der Waals surface area (Å²) in [6.45, 7) is 0. The molecule has 0 saturated carbocycles. The molecular formula is C8H4BrClN2S2. The van der Waals surface area contributed by atoms with E-state index in [4.69, 9.17) is 11.6 Å². The highest BCUT2D eigenvalue weighted by Crippen LogP contribution is 2.33. The lowest BCUT2D eigenvalue weighted by Gasteiger charge is -1.97. The van der Waals surface area contributed by atoms with E-state index in [0.29, 0.717) is 5.02 Å². The molecule has 72 valence electrons. The van der Waals surface area contributed by atoms with Gasteiger partial charge < -0.3 is 0 Å². The van der Waals surface area contributed by atoms with Crippen molar-refractivity contribution in [3.05, 3.63) is 33.3 Å². The van der Waals surface area contributed by atoms with Gasteiger partial charge in [0.15, 0.2) is 4.34 Å².